The van der Waals surface area contributed by atoms with Gasteiger partial charge in [0, 0.05) is 29.7 Å². The molecule has 0 unspecified atom stereocenters. The smallest absolute Gasteiger partial charge is 0.431 e. The van der Waals surface area contributed by atoms with E-state index >= 15 is 0 Å². The summed E-state index contributed by atoms with van der Waals surface area (Å²) in [5.74, 6) is -3.14. The number of aromatic hydroxyl groups is 1. The molecule has 0 radical (unpaired) electrons. The summed E-state index contributed by atoms with van der Waals surface area (Å²) in [7, 11) is 0. The lowest BCUT2D eigenvalue weighted by atomic mass is 10.0. The van der Waals surface area contributed by atoms with Gasteiger partial charge in [-0.3, -0.25) is 4.79 Å². The van der Waals surface area contributed by atoms with Crippen molar-refractivity contribution in [3.63, 3.8) is 0 Å². The number of phenols is 1. The topological polar surface area (TPSA) is 170 Å². The second-order valence-electron chi connectivity index (χ2n) is 7.68. The second kappa shape index (κ2) is 11.4. The summed E-state index contributed by atoms with van der Waals surface area (Å²) in [6, 6.07) is 9.56. The van der Waals surface area contributed by atoms with E-state index in [1.165, 1.54) is 36.4 Å². The minimum atomic E-state index is -4.65. The van der Waals surface area contributed by atoms with Crippen molar-refractivity contribution in [2.24, 2.45) is 0 Å². The van der Waals surface area contributed by atoms with Crippen LogP contribution in [0.15, 0.2) is 48.5 Å². The van der Waals surface area contributed by atoms with Crippen LogP contribution in [0.25, 0.3) is 10.9 Å². The monoisotopic (exact) mass is 495 g/mol. The molecular formula is C23H24F3N3O6. The number of halogens is 3. The van der Waals surface area contributed by atoms with E-state index in [2.05, 4.69) is 16.0 Å². The molecule has 2 aromatic carbocycles. The van der Waals surface area contributed by atoms with Crippen LogP contribution in [0.1, 0.15) is 23.7 Å². The minimum Gasteiger partial charge on any atom is -0.550 e. The Kier molecular flexibility index (Phi) is 8.84. The summed E-state index contributed by atoms with van der Waals surface area (Å²) in [6.07, 6.45) is -5.03. The van der Waals surface area contributed by atoms with Gasteiger partial charge in [0.1, 0.15) is 17.5 Å². The molecule has 0 spiro atoms. The fourth-order valence-corrected chi connectivity index (χ4v) is 3.35. The van der Waals surface area contributed by atoms with E-state index in [0.29, 0.717) is 10.9 Å². The third kappa shape index (κ3) is 7.74. The van der Waals surface area contributed by atoms with Crippen molar-refractivity contribution in [1.29, 1.82) is 0 Å². The lowest BCUT2D eigenvalue weighted by Crippen LogP contribution is -2.69. The number of carboxylic acids is 2. The fraction of sp³-hybridized carbons (Fsp3) is 0.261. The predicted octanol–water partition coefficient (Wildman–Crippen LogP) is 0.614. The Labute approximate surface area is 197 Å². The van der Waals surface area contributed by atoms with E-state index in [0.717, 1.165) is 6.92 Å². The number of aromatic amines is 1. The van der Waals surface area contributed by atoms with Crippen molar-refractivity contribution >= 4 is 28.7 Å². The van der Waals surface area contributed by atoms with E-state index in [1.54, 1.807) is 12.1 Å². The van der Waals surface area contributed by atoms with Gasteiger partial charge in [-0.05, 0) is 36.2 Å². The fourth-order valence-electron chi connectivity index (χ4n) is 3.35. The third-order valence-electron chi connectivity index (χ3n) is 4.91. The Morgan fingerprint density at radius 2 is 1.66 bits per heavy atom. The maximum Gasteiger partial charge on any atom is 0.431 e. The molecule has 0 bridgehead atoms. The number of aliphatic carboxylic acids is 2. The van der Waals surface area contributed by atoms with Gasteiger partial charge in [-0.25, -0.2) is 4.79 Å². The molecule has 1 heterocycles. The number of hydrogen-bond donors (Lipinski definition) is 5. The zero-order chi connectivity index (χ0) is 26.3. The Bertz CT molecular complexity index is 1190. The SMILES string of the molecule is CC(=O)[O-].[NH3+][C@@H](Cc1c(C(F)(F)F)[nH]c2ccccc12)C(=O)N[C@@H](Cc1ccc(O)cc1)C(=O)O. The first-order valence-electron chi connectivity index (χ1n) is 10.3. The first kappa shape index (κ1) is 27.2. The molecule has 0 fully saturated rings. The highest BCUT2D eigenvalue weighted by Gasteiger charge is 2.38. The zero-order valence-electron chi connectivity index (χ0n) is 18.6. The Hall–Kier alpha value is -4.06. The van der Waals surface area contributed by atoms with Crippen molar-refractivity contribution < 1.29 is 48.6 Å². The quantitative estimate of drug-likeness (QED) is 0.322. The number of quaternary nitrogens is 1. The lowest BCUT2D eigenvalue weighted by molar-refractivity contribution is -0.403. The Morgan fingerprint density at radius 3 is 2.20 bits per heavy atom. The molecule has 0 saturated carbocycles. The molecule has 188 valence electrons. The van der Waals surface area contributed by atoms with Crippen molar-refractivity contribution in [1.82, 2.24) is 10.3 Å². The van der Waals surface area contributed by atoms with Crippen LogP contribution in [0, 0.1) is 0 Å². The number of carboxylic acid groups (broad SMARTS) is 2. The molecule has 3 rings (SSSR count). The molecule has 0 aliphatic rings. The van der Waals surface area contributed by atoms with Crippen molar-refractivity contribution in [3.8, 4) is 5.75 Å². The van der Waals surface area contributed by atoms with E-state index in [1.807, 2.05) is 0 Å². The average molecular weight is 495 g/mol. The van der Waals surface area contributed by atoms with Gasteiger partial charge >= 0.3 is 12.1 Å². The number of alkyl halides is 3. The van der Waals surface area contributed by atoms with Gasteiger partial charge < -0.3 is 36.1 Å². The zero-order valence-corrected chi connectivity index (χ0v) is 18.6. The van der Waals surface area contributed by atoms with E-state index in [4.69, 9.17) is 9.90 Å². The number of phenolic OH excluding ortho intramolecular Hbond substituents is 1. The number of aromatic nitrogens is 1. The molecule has 12 heteroatoms. The summed E-state index contributed by atoms with van der Waals surface area (Å²) < 4.78 is 40.4. The summed E-state index contributed by atoms with van der Waals surface area (Å²) in [6.45, 7) is 0.972. The molecule has 2 atom stereocenters. The molecule has 3 aromatic rings. The van der Waals surface area contributed by atoms with Crippen LogP contribution in [0.3, 0.4) is 0 Å². The van der Waals surface area contributed by atoms with Crippen molar-refractivity contribution in [2.75, 3.05) is 0 Å². The largest absolute Gasteiger partial charge is 0.550 e. The van der Waals surface area contributed by atoms with Gasteiger partial charge in [0.2, 0.25) is 0 Å². The Morgan fingerprint density at radius 1 is 1.09 bits per heavy atom. The average Bonchev–Trinajstić information content (AvgIpc) is 3.13. The van der Waals surface area contributed by atoms with Gasteiger partial charge in [-0.1, -0.05) is 30.3 Å². The number of rotatable bonds is 7. The summed E-state index contributed by atoms with van der Waals surface area (Å²) in [5, 5.41) is 30.3. The van der Waals surface area contributed by atoms with Crippen molar-refractivity contribution in [2.45, 2.75) is 38.0 Å². The third-order valence-corrected chi connectivity index (χ3v) is 4.91. The first-order valence-corrected chi connectivity index (χ1v) is 10.3. The standard InChI is InChI=1S/C21H20F3N3O4.C2H4O2/c22-21(23,24)18-14(13-3-1-2-4-16(13)26-18)10-15(25)19(29)27-17(20(30)31)9-11-5-7-12(28)8-6-11;1-2(3)4/h1-8,15,17,26,28H,9-10,25H2,(H,27,29)(H,30,31);1H3,(H,3,4)/t15-,17-;/m0./s1. The number of amides is 1. The molecule has 0 saturated heterocycles. The highest BCUT2D eigenvalue weighted by atomic mass is 19.4. The molecule has 7 N–H and O–H groups in total. The van der Waals surface area contributed by atoms with Gasteiger partial charge in [0.15, 0.2) is 6.04 Å². The van der Waals surface area contributed by atoms with Gasteiger partial charge in [0.05, 0.1) is 0 Å². The van der Waals surface area contributed by atoms with Crippen LogP contribution >= 0.6 is 0 Å². The summed E-state index contributed by atoms with van der Waals surface area (Å²) in [5.41, 5.74) is 3.45. The molecular weight excluding hydrogens is 471 g/mol. The molecule has 0 aliphatic heterocycles. The predicted molar refractivity (Wildman–Crippen MR) is 116 cm³/mol. The minimum absolute atomic E-state index is 0.0108. The van der Waals surface area contributed by atoms with Gasteiger partial charge in [-0.15, -0.1) is 0 Å². The highest BCUT2D eigenvalue weighted by molar-refractivity contribution is 5.88. The number of fused-ring (bicyclic) bond motifs is 1. The Balaban J connectivity index is 0.00000100. The van der Waals surface area contributed by atoms with Crippen LogP contribution in [0.2, 0.25) is 0 Å². The summed E-state index contributed by atoms with van der Waals surface area (Å²) in [4.78, 5) is 35.4. The number of carbonyl (C=O) groups excluding carboxylic acids is 2. The molecule has 1 aromatic heterocycles. The number of carbonyl (C=O) groups is 3. The maximum atomic E-state index is 13.5. The summed E-state index contributed by atoms with van der Waals surface area (Å²) >= 11 is 0. The second-order valence-corrected chi connectivity index (χ2v) is 7.68. The molecule has 35 heavy (non-hydrogen) atoms. The highest BCUT2D eigenvalue weighted by Crippen LogP contribution is 2.35. The first-order chi connectivity index (χ1) is 16.3. The van der Waals surface area contributed by atoms with Crippen LogP contribution in [-0.4, -0.2) is 45.1 Å². The van der Waals surface area contributed by atoms with Crippen molar-refractivity contribution in [3.05, 3.63) is 65.4 Å². The van der Waals surface area contributed by atoms with E-state index < -0.39 is 41.8 Å². The van der Waals surface area contributed by atoms with Crippen LogP contribution < -0.4 is 16.2 Å². The van der Waals surface area contributed by atoms with E-state index in [-0.39, 0.29) is 29.7 Å². The maximum absolute atomic E-state index is 13.5. The van der Waals surface area contributed by atoms with E-state index in [9.17, 15) is 33.0 Å². The van der Waals surface area contributed by atoms with Crippen LogP contribution in [0.4, 0.5) is 13.2 Å². The van der Waals surface area contributed by atoms with Gasteiger partial charge in [0.25, 0.3) is 5.91 Å². The number of hydrogen-bond acceptors (Lipinski definition) is 5. The number of H-pyrrole nitrogens is 1. The number of benzene rings is 2. The number of nitrogens with one attached hydrogen (secondary N) is 2. The molecule has 1 amide bonds. The van der Waals surface area contributed by atoms with Crippen LogP contribution in [-0.2, 0) is 33.4 Å². The molecule has 9 nitrogen and oxygen atoms in total. The normalized spacial score (nSPS) is 12.8. The number of para-hydroxylation sites is 1. The van der Waals surface area contributed by atoms with Crippen LogP contribution in [0.5, 0.6) is 5.75 Å². The van der Waals surface area contributed by atoms with Gasteiger partial charge in [-0.2, -0.15) is 13.2 Å². The lowest BCUT2D eigenvalue weighted by Gasteiger charge is -2.17. The molecule has 0 aliphatic carbocycles.